The Kier molecular flexibility index (Phi) is 4.44. The van der Waals surface area contributed by atoms with Crippen LogP contribution >= 0.6 is 11.6 Å². The fraction of sp³-hybridized carbons (Fsp3) is 0.462. The second-order valence-electron chi connectivity index (χ2n) is 4.67. The maximum atomic E-state index is 6.16. The molecule has 18 heavy (non-hydrogen) atoms. The summed E-state index contributed by atoms with van der Waals surface area (Å²) in [5.74, 6) is 6.07. The molecule has 4 nitrogen and oxygen atoms in total. The standard InChI is InChI=1S/C13H19ClN4/c1-9-6-7-12(11(14)8-9)17-13(18-15)16-10-4-2-3-5-10/h6-8,10H,2-5,15H2,1H3,(H2,16,17,18). The van der Waals surface area contributed by atoms with Crippen LogP contribution in [0.4, 0.5) is 5.69 Å². The van der Waals surface area contributed by atoms with Crippen LogP contribution in [0.15, 0.2) is 23.2 Å². The van der Waals surface area contributed by atoms with Crippen molar-refractivity contribution in [3.8, 4) is 0 Å². The number of aliphatic imine (C=N–C) groups is 1. The summed E-state index contributed by atoms with van der Waals surface area (Å²) in [6.45, 7) is 2.00. The molecule has 4 N–H and O–H groups in total. The van der Waals surface area contributed by atoms with E-state index in [0.29, 0.717) is 17.0 Å². The van der Waals surface area contributed by atoms with Gasteiger partial charge in [0, 0.05) is 0 Å². The van der Waals surface area contributed by atoms with Gasteiger partial charge in [0.25, 0.3) is 0 Å². The van der Waals surface area contributed by atoms with Crippen molar-refractivity contribution in [3.63, 3.8) is 0 Å². The molecule has 0 aliphatic heterocycles. The van der Waals surface area contributed by atoms with E-state index in [1.54, 1.807) is 0 Å². The summed E-state index contributed by atoms with van der Waals surface area (Å²) in [5.41, 5.74) is 4.54. The SMILES string of the molecule is Cc1ccc(NC(=NC2CCCC2)NN)c(Cl)c1. The van der Waals surface area contributed by atoms with Gasteiger partial charge in [0.2, 0.25) is 5.96 Å². The highest BCUT2D eigenvalue weighted by Gasteiger charge is 2.14. The Morgan fingerprint density at radius 2 is 2.11 bits per heavy atom. The zero-order chi connectivity index (χ0) is 13.0. The van der Waals surface area contributed by atoms with Crippen molar-refractivity contribution < 1.29 is 0 Å². The molecule has 1 aromatic rings. The van der Waals surface area contributed by atoms with Crippen LogP contribution in [0.3, 0.4) is 0 Å². The minimum Gasteiger partial charge on any atom is -0.324 e. The zero-order valence-corrected chi connectivity index (χ0v) is 11.3. The summed E-state index contributed by atoms with van der Waals surface area (Å²) in [6.07, 6.45) is 4.76. The molecular weight excluding hydrogens is 248 g/mol. The first-order valence-corrected chi connectivity index (χ1v) is 6.64. The van der Waals surface area contributed by atoms with E-state index in [1.165, 1.54) is 12.8 Å². The van der Waals surface area contributed by atoms with Crippen molar-refractivity contribution in [1.82, 2.24) is 5.43 Å². The largest absolute Gasteiger partial charge is 0.324 e. The lowest BCUT2D eigenvalue weighted by molar-refractivity contribution is 0.700. The number of guanidine groups is 1. The number of hydrogen-bond donors (Lipinski definition) is 3. The molecule has 0 aromatic heterocycles. The van der Waals surface area contributed by atoms with Gasteiger partial charge in [-0.25, -0.2) is 10.8 Å². The van der Waals surface area contributed by atoms with E-state index < -0.39 is 0 Å². The molecule has 0 radical (unpaired) electrons. The highest BCUT2D eigenvalue weighted by molar-refractivity contribution is 6.33. The second-order valence-corrected chi connectivity index (χ2v) is 5.08. The Morgan fingerprint density at radius 1 is 1.39 bits per heavy atom. The summed E-state index contributed by atoms with van der Waals surface area (Å²) in [6, 6.07) is 6.21. The third-order valence-corrected chi connectivity index (χ3v) is 3.46. The molecule has 0 atom stereocenters. The summed E-state index contributed by atoms with van der Waals surface area (Å²) in [7, 11) is 0. The van der Waals surface area contributed by atoms with Gasteiger partial charge in [0.05, 0.1) is 16.8 Å². The van der Waals surface area contributed by atoms with E-state index in [1.807, 2.05) is 25.1 Å². The smallest absolute Gasteiger partial charge is 0.210 e. The first kappa shape index (κ1) is 13.2. The minimum absolute atomic E-state index is 0.368. The van der Waals surface area contributed by atoms with Crippen LogP contribution in [0.2, 0.25) is 5.02 Å². The molecule has 0 heterocycles. The Bertz CT molecular complexity index is 439. The first-order chi connectivity index (χ1) is 8.69. The summed E-state index contributed by atoms with van der Waals surface area (Å²) >= 11 is 6.16. The van der Waals surface area contributed by atoms with Crippen LogP contribution in [0.1, 0.15) is 31.2 Å². The van der Waals surface area contributed by atoms with E-state index in [9.17, 15) is 0 Å². The molecule has 1 saturated carbocycles. The Morgan fingerprint density at radius 3 is 2.72 bits per heavy atom. The molecule has 0 spiro atoms. The third-order valence-electron chi connectivity index (χ3n) is 3.15. The van der Waals surface area contributed by atoms with Crippen molar-refractivity contribution in [2.24, 2.45) is 10.8 Å². The van der Waals surface area contributed by atoms with Gasteiger partial charge in [0.15, 0.2) is 0 Å². The fourth-order valence-electron chi connectivity index (χ4n) is 2.17. The van der Waals surface area contributed by atoms with Crippen LogP contribution in [0, 0.1) is 6.92 Å². The molecule has 0 saturated heterocycles. The Balaban J connectivity index is 2.09. The van der Waals surface area contributed by atoms with E-state index in [-0.39, 0.29) is 0 Å². The normalized spacial score (nSPS) is 16.9. The van der Waals surface area contributed by atoms with E-state index in [2.05, 4.69) is 15.7 Å². The molecule has 2 rings (SSSR count). The number of nitrogens with two attached hydrogens (primary N) is 1. The van der Waals surface area contributed by atoms with Gasteiger partial charge in [0.1, 0.15) is 0 Å². The minimum atomic E-state index is 0.368. The third kappa shape index (κ3) is 3.37. The Hall–Kier alpha value is -1.26. The summed E-state index contributed by atoms with van der Waals surface area (Å²) < 4.78 is 0. The number of hydrazine groups is 1. The number of hydrogen-bond acceptors (Lipinski definition) is 2. The van der Waals surface area contributed by atoms with Crippen LogP contribution in [-0.2, 0) is 0 Å². The van der Waals surface area contributed by atoms with Crippen LogP contribution < -0.4 is 16.6 Å². The molecular formula is C13H19ClN4. The molecule has 0 amide bonds. The molecule has 5 heteroatoms. The van der Waals surface area contributed by atoms with E-state index >= 15 is 0 Å². The molecule has 1 aliphatic carbocycles. The molecule has 98 valence electrons. The van der Waals surface area contributed by atoms with Crippen molar-refractivity contribution in [2.45, 2.75) is 38.6 Å². The molecule has 1 aromatic carbocycles. The van der Waals surface area contributed by atoms with E-state index in [0.717, 1.165) is 24.1 Å². The number of benzene rings is 1. The number of rotatable bonds is 2. The topological polar surface area (TPSA) is 62.4 Å². The number of aryl methyl sites for hydroxylation is 1. The molecule has 1 aliphatic rings. The molecule has 1 fully saturated rings. The highest BCUT2D eigenvalue weighted by atomic mass is 35.5. The molecule has 0 unspecified atom stereocenters. The lowest BCUT2D eigenvalue weighted by Gasteiger charge is -2.13. The van der Waals surface area contributed by atoms with Gasteiger partial charge < -0.3 is 5.32 Å². The summed E-state index contributed by atoms with van der Waals surface area (Å²) in [5, 5.41) is 3.80. The van der Waals surface area contributed by atoms with Crippen LogP contribution in [0.25, 0.3) is 0 Å². The van der Waals surface area contributed by atoms with Crippen molar-refractivity contribution in [1.29, 1.82) is 0 Å². The van der Waals surface area contributed by atoms with Gasteiger partial charge in [-0.1, -0.05) is 30.5 Å². The monoisotopic (exact) mass is 266 g/mol. The highest BCUT2D eigenvalue weighted by Crippen LogP contribution is 2.24. The maximum Gasteiger partial charge on any atom is 0.210 e. The van der Waals surface area contributed by atoms with Gasteiger partial charge in [-0.15, -0.1) is 0 Å². The maximum absolute atomic E-state index is 6.16. The lowest BCUT2D eigenvalue weighted by Crippen LogP contribution is -2.37. The average molecular weight is 267 g/mol. The lowest BCUT2D eigenvalue weighted by atomic mass is 10.2. The fourth-order valence-corrected chi connectivity index (χ4v) is 2.45. The quantitative estimate of drug-likeness (QED) is 0.334. The average Bonchev–Trinajstić information content (AvgIpc) is 2.84. The number of halogens is 1. The van der Waals surface area contributed by atoms with Crippen molar-refractivity contribution in [2.75, 3.05) is 5.32 Å². The number of anilines is 1. The first-order valence-electron chi connectivity index (χ1n) is 6.26. The van der Waals surface area contributed by atoms with Crippen molar-refractivity contribution in [3.05, 3.63) is 28.8 Å². The molecule has 0 bridgehead atoms. The van der Waals surface area contributed by atoms with Gasteiger partial charge >= 0.3 is 0 Å². The number of nitrogens with zero attached hydrogens (tertiary/aromatic N) is 1. The van der Waals surface area contributed by atoms with Crippen molar-refractivity contribution >= 4 is 23.2 Å². The predicted octanol–water partition coefficient (Wildman–Crippen LogP) is 2.82. The Labute approximate surface area is 113 Å². The summed E-state index contributed by atoms with van der Waals surface area (Å²) in [4.78, 5) is 4.56. The van der Waals surface area contributed by atoms with E-state index in [4.69, 9.17) is 17.4 Å². The van der Waals surface area contributed by atoms with Gasteiger partial charge in [-0.3, -0.25) is 5.43 Å². The zero-order valence-electron chi connectivity index (χ0n) is 10.5. The predicted molar refractivity (Wildman–Crippen MR) is 76.8 cm³/mol. The van der Waals surface area contributed by atoms with Crippen LogP contribution in [-0.4, -0.2) is 12.0 Å². The van der Waals surface area contributed by atoms with Gasteiger partial charge in [-0.2, -0.15) is 0 Å². The second kappa shape index (κ2) is 6.07. The number of nitrogens with one attached hydrogen (secondary N) is 2. The van der Waals surface area contributed by atoms with Crippen LogP contribution in [0.5, 0.6) is 0 Å². The van der Waals surface area contributed by atoms with Gasteiger partial charge in [-0.05, 0) is 37.5 Å².